The minimum atomic E-state index is -0.788. The molecule has 0 heterocycles. The number of rotatable bonds is 12. The molecule has 2 unspecified atom stereocenters. The summed E-state index contributed by atoms with van der Waals surface area (Å²) in [6, 6.07) is 0. The first-order valence-corrected chi connectivity index (χ1v) is 14.9. The minimum Gasteiger partial charge on any atom is -0.390 e. The summed E-state index contributed by atoms with van der Waals surface area (Å²) in [7, 11) is 0. The Morgan fingerprint density at radius 2 is 0.929 bits per heavy atom. The predicted octanol–water partition coefficient (Wildman–Crippen LogP) is 10.5. The number of allylic oxidation sites excluding steroid dienone is 25. The number of hydrogen-bond donors (Lipinski definition) is 2. The summed E-state index contributed by atoms with van der Waals surface area (Å²) in [5.41, 5.74) is 8.95. The molecular weight excluding hydrogens is 512 g/mol. The van der Waals surface area contributed by atoms with Crippen molar-refractivity contribution in [3.8, 4) is 0 Å². The molecule has 0 saturated carbocycles. The first kappa shape index (κ1) is 36.6. The molecule has 0 aliphatic heterocycles. The summed E-state index contributed by atoms with van der Waals surface area (Å²) in [6.45, 7) is 20.8. The van der Waals surface area contributed by atoms with Crippen molar-refractivity contribution in [1.29, 1.82) is 0 Å². The number of aliphatic hydroxyl groups excluding tert-OH is 2. The maximum atomic E-state index is 10.3. The van der Waals surface area contributed by atoms with E-state index in [0.717, 1.165) is 22.3 Å². The zero-order chi connectivity index (χ0) is 31.7. The van der Waals surface area contributed by atoms with Gasteiger partial charge in [-0.15, -0.1) is 0 Å². The second kappa shape index (κ2) is 18.9. The highest BCUT2D eigenvalue weighted by Crippen LogP contribution is 2.41. The molecular formula is C40H54O2. The maximum absolute atomic E-state index is 10.3. The van der Waals surface area contributed by atoms with E-state index < -0.39 is 12.2 Å². The van der Waals surface area contributed by atoms with Crippen LogP contribution < -0.4 is 0 Å². The lowest BCUT2D eigenvalue weighted by molar-refractivity contribution is 0.00686. The smallest absolute Gasteiger partial charge is 0.101 e. The van der Waals surface area contributed by atoms with Crippen molar-refractivity contribution in [3.63, 3.8) is 0 Å². The second-order valence-electron chi connectivity index (χ2n) is 12.1. The Morgan fingerprint density at radius 1 is 0.571 bits per heavy atom. The molecule has 2 nitrogen and oxygen atoms in total. The van der Waals surface area contributed by atoms with Crippen molar-refractivity contribution < 1.29 is 10.2 Å². The average molecular weight is 567 g/mol. The highest BCUT2D eigenvalue weighted by Gasteiger charge is 2.36. The van der Waals surface area contributed by atoms with Gasteiger partial charge in [-0.1, -0.05) is 157 Å². The lowest BCUT2D eigenvalue weighted by Crippen LogP contribution is -2.38. The van der Waals surface area contributed by atoms with Crippen LogP contribution in [0.2, 0.25) is 0 Å². The van der Waals surface area contributed by atoms with Gasteiger partial charge in [0.15, 0.2) is 0 Å². The van der Waals surface area contributed by atoms with E-state index in [1.54, 1.807) is 0 Å². The zero-order valence-electron chi connectivity index (χ0n) is 27.6. The summed E-state index contributed by atoms with van der Waals surface area (Å²) >= 11 is 0. The molecule has 0 bridgehead atoms. The van der Waals surface area contributed by atoms with Gasteiger partial charge in [0.2, 0.25) is 0 Å². The molecule has 0 aromatic carbocycles. The van der Waals surface area contributed by atoms with Crippen LogP contribution in [0.15, 0.2) is 154 Å². The van der Waals surface area contributed by atoms with E-state index in [9.17, 15) is 10.2 Å². The van der Waals surface area contributed by atoms with E-state index >= 15 is 0 Å². The van der Waals surface area contributed by atoms with Gasteiger partial charge in [-0.25, -0.2) is 0 Å². The Morgan fingerprint density at radius 3 is 1.33 bits per heavy atom. The molecule has 0 radical (unpaired) electrons. The largest absolute Gasteiger partial charge is 0.390 e. The van der Waals surface area contributed by atoms with Gasteiger partial charge in [-0.3, -0.25) is 0 Å². The van der Waals surface area contributed by atoms with Crippen molar-refractivity contribution in [2.24, 2.45) is 5.41 Å². The Hall–Kier alpha value is -3.46. The fraction of sp³-hybridized carbons (Fsp3) is 0.350. The molecule has 0 saturated heterocycles. The monoisotopic (exact) mass is 566 g/mol. The van der Waals surface area contributed by atoms with E-state index in [1.165, 1.54) is 22.3 Å². The van der Waals surface area contributed by atoms with Crippen molar-refractivity contribution in [3.05, 3.63) is 154 Å². The van der Waals surface area contributed by atoms with Gasteiger partial charge >= 0.3 is 0 Å². The molecule has 226 valence electrons. The maximum Gasteiger partial charge on any atom is 0.101 e. The first-order valence-electron chi connectivity index (χ1n) is 14.9. The van der Waals surface area contributed by atoms with Gasteiger partial charge in [0.1, 0.15) is 6.10 Å². The molecule has 2 atom stereocenters. The molecule has 0 amide bonds. The highest BCUT2D eigenvalue weighted by atomic mass is 16.3. The van der Waals surface area contributed by atoms with Crippen LogP contribution in [0, 0.1) is 5.41 Å². The summed E-state index contributed by atoms with van der Waals surface area (Å²) in [5, 5.41) is 20.4. The third-order valence-corrected chi connectivity index (χ3v) is 6.97. The Bertz CT molecular complexity index is 1300. The lowest BCUT2D eigenvalue weighted by Gasteiger charge is -2.38. The lowest BCUT2D eigenvalue weighted by atomic mass is 9.70. The topological polar surface area (TPSA) is 40.5 Å². The van der Waals surface area contributed by atoms with E-state index in [2.05, 4.69) is 172 Å². The highest BCUT2D eigenvalue weighted by molar-refractivity contribution is 5.39. The standard InChI is InChI=1S/C40H54O2/c1-30(2)17-13-20-33(5)23-15-25-34(6)24-14-21-31(3)18-11-12-19-32(4)22-16-26-35(7)27-28-37-36(8)39(42)38(41)29-40(37,9)10/h11-28,38-39,41-42H,29H2,1-10H3/b12-11+,20-13+,21-14+,22-16+,25-15+,28-27+,31-18+,32-19+,33-23+,34-24+,35-26+. The van der Waals surface area contributed by atoms with Crippen LogP contribution in [-0.2, 0) is 0 Å². The molecule has 0 spiro atoms. The number of aliphatic hydroxyl groups is 2. The van der Waals surface area contributed by atoms with Crippen molar-refractivity contribution >= 4 is 0 Å². The molecule has 0 aromatic heterocycles. The molecule has 0 aromatic rings. The first-order chi connectivity index (χ1) is 19.7. The van der Waals surface area contributed by atoms with E-state index in [-0.39, 0.29) is 5.41 Å². The quantitative estimate of drug-likeness (QED) is 0.231. The fourth-order valence-electron chi connectivity index (χ4n) is 4.44. The molecule has 2 heteroatoms. The van der Waals surface area contributed by atoms with Crippen molar-refractivity contribution in [2.45, 2.75) is 87.9 Å². The second-order valence-corrected chi connectivity index (χ2v) is 12.1. The fourth-order valence-corrected chi connectivity index (χ4v) is 4.44. The van der Waals surface area contributed by atoms with Crippen LogP contribution in [0.3, 0.4) is 0 Å². The van der Waals surface area contributed by atoms with Crippen LogP contribution in [0.5, 0.6) is 0 Å². The van der Waals surface area contributed by atoms with Gasteiger partial charge in [0.25, 0.3) is 0 Å². The molecule has 42 heavy (non-hydrogen) atoms. The van der Waals surface area contributed by atoms with Crippen LogP contribution >= 0.6 is 0 Å². The molecule has 1 aliphatic carbocycles. The summed E-state index contributed by atoms with van der Waals surface area (Å²) in [4.78, 5) is 0. The minimum absolute atomic E-state index is 0.170. The van der Waals surface area contributed by atoms with E-state index in [0.29, 0.717) is 6.42 Å². The summed E-state index contributed by atoms with van der Waals surface area (Å²) < 4.78 is 0. The third-order valence-electron chi connectivity index (χ3n) is 6.97. The van der Waals surface area contributed by atoms with Gasteiger partial charge in [-0.05, 0) is 78.4 Å². The van der Waals surface area contributed by atoms with Crippen LogP contribution in [0.25, 0.3) is 0 Å². The molecule has 2 N–H and O–H groups in total. The Kier molecular flexibility index (Phi) is 16.4. The van der Waals surface area contributed by atoms with Gasteiger partial charge in [0.05, 0.1) is 6.10 Å². The van der Waals surface area contributed by atoms with E-state index in [4.69, 9.17) is 0 Å². The van der Waals surface area contributed by atoms with Crippen LogP contribution in [-0.4, -0.2) is 22.4 Å². The Labute approximate surface area is 257 Å². The molecule has 1 rings (SSSR count). The van der Waals surface area contributed by atoms with Gasteiger partial charge < -0.3 is 10.2 Å². The molecule has 1 aliphatic rings. The summed E-state index contributed by atoms with van der Waals surface area (Å²) in [6.07, 6.45) is 36.7. The number of hydrogen-bond acceptors (Lipinski definition) is 2. The van der Waals surface area contributed by atoms with Gasteiger partial charge in [0, 0.05) is 0 Å². The van der Waals surface area contributed by atoms with Crippen molar-refractivity contribution in [1.82, 2.24) is 0 Å². The summed E-state index contributed by atoms with van der Waals surface area (Å²) in [5.74, 6) is 0. The van der Waals surface area contributed by atoms with Crippen LogP contribution in [0.4, 0.5) is 0 Å². The zero-order valence-corrected chi connectivity index (χ0v) is 27.6. The SMILES string of the molecule is CC(C)=C/C=C/C(C)=C/C=C/C(C)=C/C=C/C(C)=C/C=C/C=C(C)/C=C/C=C(C)/C=C/C1=C(C)C(O)C(O)CC1(C)C. The average Bonchev–Trinajstić information content (AvgIpc) is 2.89. The Balaban J connectivity index is 2.66. The van der Waals surface area contributed by atoms with Gasteiger partial charge in [-0.2, -0.15) is 0 Å². The van der Waals surface area contributed by atoms with Crippen molar-refractivity contribution in [2.75, 3.05) is 0 Å². The predicted molar refractivity (Wildman–Crippen MR) is 186 cm³/mol. The normalized spacial score (nSPS) is 22.0. The van der Waals surface area contributed by atoms with Crippen LogP contribution in [0.1, 0.15) is 75.7 Å². The van der Waals surface area contributed by atoms with E-state index in [1.807, 2.05) is 6.92 Å². The third kappa shape index (κ3) is 15.0. The molecule has 0 fully saturated rings.